The van der Waals surface area contributed by atoms with E-state index >= 15 is 0 Å². The van der Waals surface area contributed by atoms with Crippen molar-refractivity contribution in [3.63, 3.8) is 0 Å². The van der Waals surface area contributed by atoms with Gasteiger partial charge >= 0.3 is 0 Å². The van der Waals surface area contributed by atoms with Crippen molar-refractivity contribution in [3.8, 4) is 0 Å². The number of halogens is 3. The number of hydrogen-bond donors (Lipinski definition) is 1. The fourth-order valence-electron chi connectivity index (χ4n) is 3.23. The highest BCUT2D eigenvalue weighted by molar-refractivity contribution is 6.30. The van der Waals surface area contributed by atoms with E-state index in [9.17, 15) is 4.79 Å². The summed E-state index contributed by atoms with van der Waals surface area (Å²) in [6.07, 6.45) is 5.44. The fourth-order valence-corrected chi connectivity index (χ4v) is 3.34. The van der Waals surface area contributed by atoms with Gasteiger partial charge in [0.15, 0.2) is 0 Å². The number of anilines is 1. The van der Waals surface area contributed by atoms with Crippen molar-refractivity contribution < 1.29 is 4.79 Å². The quantitative estimate of drug-likeness (QED) is 0.855. The number of amides is 1. The Kier molecular flexibility index (Phi) is 7.39. The Balaban J connectivity index is 0.00000132. The van der Waals surface area contributed by atoms with Gasteiger partial charge in [-0.1, -0.05) is 24.4 Å². The Labute approximate surface area is 154 Å². The normalized spacial score (nSPS) is 19.7. The number of hydrogen-bond acceptors (Lipinski definition) is 4. The summed E-state index contributed by atoms with van der Waals surface area (Å²) < 4.78 is 0. The molecule has 0 aromatic carbocycles. The molecule has 0 spiro atoms. The summed E-state index contributed by atoms with van der Waals surface area (Å²) in [5, 5.41) is 0.638. The fraction of sp³-hybridized carbons (Fsp3) is 0.600. The van der Waals surface area contributed by atoms with Gasteiger partial charge in [0.1, 0.15) is 5.82 Å². The minimum absolute atomic E-state index is 0. The number of piperazine rings is 1. The number of carbonyl (C=O) groups excluding carboxylic acids is 1. The van der Waals surface area contributed by atoms with E-state index in [1.807, 2.05) is 17.0 Å². The number of nitrogens with two attached hydrogens (primary N) is 1. The molecular weight excluding hydrogens is 359 g/mol. The predicted octanol–water partition coefficient (Wildman–Crippen LogP) is 2.50. The van der Waals surface area contributed by atoms with Crippen molar-refractivity contribution in [3.05, 3.63) is 23.4 Å². The van der Waals surface area contributed by atoms with Crippen molar-refractivity contribution >= 4 is 48.1 Å². The molecule has 3 rings (SSSR count). The van der Waals surface area contributed by atoms with E-state index in [0.29, 0.717) is 18.1 Å². The lowest BCUT2D eigenvalue weighted by atomic mass is 9.97. The molecule has 0 radical (unpaired) electrons. The van der Waals surface area contributed by atoms with Crippen molar-refractivity contribution in [2.75, 3.05) is 31.1 Å². The molecule has 1 aromatic heterocycles. The minimum atomic E-state index is -0.610. The smallest absolute Gasteiger partial charge is 0.242 e. The summed E-state index contributed by atoms with van der Waals surface area (Å²) in [5.74, 6) is 1.04. The average Bonchev–Trinajstić information content (AvgIpc) is 2.96. The van der Waals surface area contributed by atoms with Gasteiger partial charge in [-0.3, -0.25) is 4.79 Å². The molecule has 2 aliphatic rings. The first-order valence-corrected chi connectivity index (χ1v) is 7.91. The van der Waals surface area contributed by atoms with Gasteiger partial charge in [0, 0.05) is 32.4 Å². The molecule has 2 heterocycles. The zero-order valence-corrected chi connectivity index (χ0v) is 15.3. The third-order valence-electron chi connectivity index (χ3n) is 4.52. The van der Waals surface area contributed by atoms with Crippen LogP contribution < -0.4 is 10.6 Å². The Morgan fingerprint density at radius 1 is 1.13 bits per heavy atom. The lowest BCUT2D eigenvalue weighted by molar-refractivity contribution is -0.137. The molecule has 1 saturated heterocycles. The van der Waals surface area contributed by atoms with E-state index in [2.05, 4.69) is 9.88 Å². The average molecular weight is 382 g/mol. The molecule has 1 saturated carbocycles. The van der Waals surface area contributed by atoms with Crippen molar-refractivity contribution in [1.82, 2.24) is 9.88 Å². The van der Waals surface area contributed by atoms with Crippen LogP contribution in [0.1, 0.15) is 25.7 Å². The SMILES string of the molecule is Cl.Cl.NC1(C(=O)N2CCN(c3ccc(Cl)cn3)CC2)CCCC1. The molecule has 23 heavy (non-hydrogen) atoms. The Morgan fingerprint density at radius 2 is 1.74 bits per heavy atom. The summed E-state index contributed by atoms with van der Waals surface area (Å²) in [4.78, 5) is 21.0. The van der Waals surface area contributed by atoms with E-state index < -0.39 is 5.54 Å². The van der Waals surface area contributed by atoms with Crippen LogP contribution in [0, 0.1) is 0 Å². The predicted molar refractivity (Wildman–Crippen MR) is 97.9 cm³/mol. The topological polar surface area (TPSA) is 62.5 Å². The lowest BCUT2D eigenvalue weighted by Gasteiger charge is -2.38. The summed E-state index contributed by atoms with van der Waals surface area (Å²) in [6.45, 7) is 3.00. The molecule has 0 unspecified atom stereocenters. The van der Waals surface area contributed by atoms with E-state index in [-0.39, 0.29) is 30.7 Å². The van der Waals surface area contributed by atoms with Gasteiger partial charge in [-0.2, -0.15) is 0 Å². The molecule has 1 aliphatic heterocycles. The van der Waals surface area contributed by atoms with Crippen molar-refractivity contribution in [2.24, 2.45) is 5.73 Å². The maximum absolute atomic E-state index is 12.6. The molecule has 1 aromatic rings. The van der Waals surface area contributed by atoms with E-state index in [4.69, 9.17) is 17.3 Å². The highest BCUT2D eigenvalue weighted by atomic mass is 35.5. The van der Waals surface area contributed by atoms with Gasteiger partial charge in [-0.05, 0) is 25.0 Å². The molecule has 1 aliphatic carbocycles. The maximum Gasteiger partial charge on any atom is 0.242 e. The number of nitrogens with zero attached hydrogens (tertiary/aromatic N) is 3. The number of rotatable bonds is 2. The van der Waals surface area contributed by atoms with Crippen molar-refractivity contribution in [2.45, 2.75) is 31.2 Å². The largest absolute Gasteiger partial charge is 0.353 e. The van der Waals surface area contributed by atoms with Crippen LogP contribution in [0.3, 0.4) is 0 Å². The number of carbonyl (C=O) groups is 1. The van der Waals surface area contributed by atoms with Crippen LogP contribution in [0.4, 0.5) is 5.82 Å². The highest BCUT2D eigenvalue weighted by Crippen LogP contribution is 2.29. The Hall–Kier alpha value is -0.750. The first-order valence-electron chi connectivity index (χ1n) is 7.53. The second-order valence-electron chi connectivity index (χ2n) is 5.98. The van der Waals surface area contributed by atoms with Crippen LogP contribution >= 0.6 is 36.4 Å². The minimum Gasteiger partial charge on any atom is -0.353 e. The molecule has 0 atom stereocenters. The van der Waals surface area contributed by atoms with Gasteiger partial charge in [-0.25, -0.2) is 4.98 Å². The molecule has 130 valence electrons. The highest BCUT2D eigenvalue weighted by Gasteiger charge is 2.40. The van der Waals surface area contributed by atoms with Gasteiger partial charge in [-0.15, -0.1) is 24.8 Å². The third kappa shape index (κ3) is 4.41. The van der Waals surface area contributed by atoms with Gasteiger partial charge in [0.05, 0.1) is 10.6 Å². The summed E-state index contributed by atoms with van der Waals surface area (Å²) >= 11 is 5.86. The summed E-state index contributed by atoms with van der Waals surface area (Å²) in [7, 11) is 0. The second-order valence-corrected chi connectivity index (χ2v) is 6.41. The van der Waals surface area contributed by atoms with E-state index in [0.717, 1.165) is 44.6 Å². The van der Waals surface area contributed by atoms with Gasteiger partial charge in [0.2, 0.25) is 5.91 Å². The zero-order chi connectivity index (χ0) is 14.9. The molecule has 2 fully saturated rings. The van der Waals surface area contributed by atoms with Crippen LogP contribution in [0.2, 0.25) is 5.02 Å². The summed E-state index contributed by atoms with van der Waals surface area (Å²) in [6, 6.07) is 3.76. The maximum atomic E-state index is 12.6. The monoisotopic (exact) mass is 380 g/mol. The van der Waals surface area contributed by atoms with E-state index in [1.54, 1.807) is 6.20 Å². The summed E-state index contributed by atoms with van der Waals surface area (Å²) in [5.41, 5.74) is 5.65. The van der Waals surface area contributed by atoms with Crippen LogP contribution in [-0.2, 0) is 4.79 Å². The third-order valence-corrected chi connectivity index (χ3v) is 4.75. The van der Waals surface area contributed by atoms with Gasteiger partial charge < -0.3 is 15.5 Å². The van der Waals surface area contributed by atoms with Crippen LogP contribution in [0.15, 0.2) is 18.3 Å². The molecule has 2 N–H and O–H groups in total. The van der Waals surface area contributed by atoms with E-state index in [1.165, 1.54) is 0 Å². The van der Waals surface area contributed by atoms with Crippen LogP contribution in [0.25, 0.3) is 0 Å². The number of pyridine rings is 1. The molecular formula is C15H23Cl3N4O. The Bertz CT molecular complexity index is 512. The van der Waals surface area contributed by atoms with Crippen molar-refractivity contribution in [1.29, 1.82) is 0 Å². The second kappa shape index (κ2) is 8.38. The van der Waals surface area contributed by atoms with Crippen LogP contribution in [0.5, 0.6) is 0 Å². The van der Waals surface area contributed by atoms with Gasteiger partial charge in [0.25, 0.3) is 0 Å². The molecule has 8 heteroatoms. The standard InChI is InChI=1S/C15H21ClN4O.2ClH/c16-12-3-4-13(18-11-12)19-7-9-20(10-8-19)14(21)15(17)5-1-2-6-15;;/h3-4,11H,1-2,5-10,17H2;2*1H. The molecule has 1 amide bonds. The van der Waals surface area contributed by atoms with Crippen LogP contribution in [-0.4, -0.2) is 47.5 Å². The Morgan fingerprint density at radius 3 is 2.26 bits per heavy atom. The number of aromatic nitrogens is 1. The first kappa shape index (κ1) is 20.3. The lowest BCUT2D eigenvalue weighted by Crippen LogP contribution is -2.58. The zero-order valence-electron chi connectivity index (χ0n) is 12.9. The molecule has 0 bridgehead atoms. The molecule has 5 nitrogen and oxygen atoms in total. The first-order chi connectivity index (χ1) is 10.1.